The minimum Gasteiger partial charge on any atom is -0.495 e. The minimum absolute atomic E-state index is 0.159. The number of methoxy groups -OCH3 is 1. The second kappa shape index (κ2) is 6.24. The summed E-state index contributed by atoms with van der Waals surface area (Å²) < 4.78 is 5.13. The largest absolute Gasteiger partial charge is 0.495 e. The van der Waals surface area contributed by atoms with Crippen LogP contribution in [0.1, 0.15) is 31.9 Å². The monoisotopic (exact) mass is 257 g/mol. The van der Waals surface area contributed by atoms with E-state index in [1.165, 1.54) is 0 Å². The van der Waals surface area contributed by atoms with Crippen molar-refractivity contribution < 1.29 is 9.84 Å². The highest BCUT2D eigenvalue weighted by Gasteiger charge is 2.22. The highest BCUT2D eigenvalue weighted by molar-refractivity contribution is 6.32. The van der Waals surface area contributed by atoms with E-state index in [0.29, 0.717) is 10.8 Å². The van der Waals surface area contributed by atoms with E-state index in [2.05, 4.69) is 0 Å². The molecule has 1 aromatic carbocycles. The number of aliphatic hydroxyl groups excluding tert-OH is 1. The van der Waals surface area contributed by atoms with Crippen LogP contribution in [0.25, 0.3) is 0 Å². The first-order valence-corrected chi connectivity index (χ1v) is 6.16. The van der Waals surface area contributed by atoms with Gasteiger partial charge in [0.2, 0.25) is 0 Å². The summed E-state index contributed by atoms with van der Waals surface area (Å²) >= 11 is 5.94. The Hall–Kier alpha value is -0.770. The van der Waals surface area contributed by atoms with E-state index in [1.54, 1.807) is 19.2 Å². The molecule has 1 unspecified atom stereocenters. The summed E-state index contributed by atoms with van der Waals surface area (Å²) in [7, 11) is 1.56. The highest BCUT2D eigenvalue weighted by atomic mass is 35.5. The van der Waals surface area contributed by atoms with Crippen molar-refractivity contribution in [2.75, 3.05) is 7.11 Å². The van der Waals surface area contributed by atoms with Gasteiger partial charge in [-0.25, -0.2) is 0 Å². The van der Waals surface area contributed by atoms with Crippen LogP contribution in [0.5, 0.6) is 5.75 Å². The van der Waals surface area contributed by atoms with Gasteiger partial charge in [-0.15, -0.1) is 0 Å². The van der Waals surface area contributed by atoms with Gasteiger partial charge in [-0.3, -0.25) is 0 Å². The van der Waals surface area contributed by atoms with E-state index in [9.17, 15) is 5.11 Å². The lowest BCUT2D eigenvalue weighted by Gasteiger charge is -2.24. The second-order valence-electron chi connectivity index (χ2n) is 4.30. The van der Waals surface area contributed by atoms with Crippen LogP contribution < -0.4 is 10.5 Å². The summed E-state index contributed by atoms with van der Waals surface area (Å²) in [5.41, 5.74) is 6.87. The Morgan fingerprint density at radius 2 is 2.12 bits per heavy atom. The van der Waals surface area contributed by atoms with Crippen LogP contribution in [-0.4, -0.2) is 18.3 Å². The first-order valence-electron chi connectivity index (χ1n) is 5.78. The number of ether oxygens (including phenoxy) is 1. The van der Waals surface area contributed by atoms with Gasteiger partial charge in [-0.1, -0.05) is 37.9 Å². The Kier molecular flexibility index (Phi) is 5.25. The predicted octanol–water partition coefficient (Wildman–Crippen LogP) is 2.76. The number of nitrogens with two attached hydrogens (primary N) is 1. The summed E-state index contributed by atoms with van der Waals surface area (Å²) in [5.74, 6) is 0.739. The quantitative estimate of drug-likeness (QED) is 0.853. The molecule has 0 fully saturated rings. The molecule has 17 heavy (non-hydrogen) atoms. The number of hydrogen-bond donors (Lipinski definition) is 2. The van der Waals surface area contributed by atoms with E-state index < -0.39 is 12.1 Å². The van der Waals surface area contributed by atoms with Gasteiger partial charge < -0.3 is 15.6 Å². The fourth-order valence-electron chi connectivity index (χ4n) is 1.68. The van der Waals surface area contributed by atoms with Gasteiger partial charge in [0.1, 0.15) is 5.75 Å². The van der Waals surface area contributed by atoms with Crippen LogP contribution in [0.4, 0.5) is 0 Å². The number of hydrogen-bond acceptors (Lipinski definition) is 3. The number of aliphatic hydroxyl groups is 1. The molecule has 0 aliphatic rings. The van der Waals surface area contributed by atoms with E-state index >= 15 is 0 Å². The molecular formula is C13H20ClNO2. The van der Waals surface area contributed by atoms with Crippen molar-refractivity contribution >= 4 is 11.6 Å². The molecule has 0 aliphatic heterocycles. The molecule has 3 nitrogen and oxygen atoms in total. The Labute approximate surface area is 108 Å². The SMILES string of the molecule is CCC(C)[C@@H](O)[C@@H](N)c1ccc(Cl)c(OC)c1. The van der Waals surface area contributed by atoms with Gasteiger partial charge >= 0.3 is 0 Å². The fourth-order valence-corrected chi connectivity index (χ4v) is 1.87. The van der Waals surface area contributed by atoms with Gasteiger partial charge in [-0.2, -0.15) is 0 Å². The van der Waals surface area contributed by atoms with Crippen molar-refractivity contribution in [1.82, 2.24) is 0 Å². The van der Waals surface area contributed by atoms with Crippen LogP contribution in [0.3, 0.4) is 0 Å². The maximum Gasteiger partial charge on any atom is 0.137 e. The molecule has 1 rings (SSSR count). The molecule has 0 amide bonds. The lowest BCUT2D eigenvalue weighted by Crippen LogP contribution is -2.31. The van der Waals surface area contributed by atoms with Gasteiger partial charge in [-0.05, 0) is 23.6 Å². The number of halogens is 1. The molecule has 0 saturated heterocycles. The van der Waals surface area contributed by atoms with Crippen LogP contribution in [0, 0.1) is 5.92 Å². The van der Waals surface area contributed by atoms with E-state index in [4.69, 9.17) is 22.1 Å². The molecule has 3 N–H and O–H groups in total. The molecule has 96 valence electrons. The van der Waals surface area contributed by atoms with E-state index in [1.807, 2.05) is 19.9 Å². The summed E-state index contributed by atoms with van der Waals surface area (Å²) in [5, 5.41) is 10.6. The Morgan fingerprint density at radius 3 is 2.65 bits per heavy atom. The summed E-state index contributed by atoms with van der Waals surface area (Å²) in [6.07, 6.45) is 0.324. The Morgan fingerprint density at radius 1 is 1.47 bits per heavy atom. The molecule has 0 aliphatic carbocycles. The Balaban J connectivity index is 2.92. The van der Waals surface area contributed by atoms with E-state index in [0.717, 1.165) is 12.0 Å². The molecule has 1 aromatic rings. The van der Waals surface area contributed by atoms with Gasteiger partial charge in [0, 0.05) is 0 Å². The first kappa shape index (κ1) is 14.3. The van der Waals surface area contributed by atoms with Crippen LogP contribution >= 0.6 is 11.6 Å². The molecule has 3 atom stereocenters. The van der Waals surface area contributed by atoms with Crippen molar-refractivity contribution in [2.45, 2.75) is 32.4 Å². The van der Waals surface area contributed by atoms with Crippen LogP contribution in [0.15, 0.2) is 18.2 Å². The standard InChI is InChI=1S/C13H20ClNO2/c1-4-8(2)13(16)12(15)9-5-6-10(14)11(7-9)17-3/h5-8,12-13,16H,4,15H2,1-3H3/t8?,12-,13+/m0/s1. The zero-order valence-electron chi connectivity index (χ0n) is 10.5. The average Bonchev–Trinajstić information content (AvgIpc) is 2.36. The molecule has 0 heterocycles. The van der Waals surface area contributed by atoms with Crippen LogP contribution in [0.2, 0.25) is 5.02 Å². The number of rotatable bonds is 5. The molecule has 0 saturated carbocycles. The third kappa shape index (κ3) is 3.35. The lowest BCUT2D eigenvalue weighted by atomic mass is 9.91. The van der Waals surface area contributed by atoms with E-state index in [-0.39, 0.29) is 5.92 Å². The van der Waals surface area contributed by atoms with Crippen molar-refractivity contribution in [3.8, 4) is 5.75 Å². The summed E-state index contributed by atoms with van der Waals surface area (Å²) in [6, 6.07) is 4.91. The zero-order valence-corrected chi connectivity index (χ0v) is 11.2. The molecule has 4 heteroatoms. The van der Waals surface area contributed by atoms with Gasteiger partial charge in [0.05, 0.1) is 24.3 Å². The predicted molar refractivity (Wildman–Crippen MR) is 70.4 cm³/mol. The molecule has 0 spiro atoms. The van der Waals surface area contributed by atoms with Crippen LogP contribution in [-0.2, 0) is 0 Å². The molecule has 0 bridgehead atoms. The third-order valence-electron chi connectivity index (χ3n) is 3.15. The lowest BCUT2D eigenvalue weighted by molar-refractivity contribution is 0.0879. The smallest absolute Gasteiger partial charge is 0.137 e. The Bertz CT molecular complexity index is 370. The highest BCUT2D eigenvalue weighted by Crippen LogP contribution is 2.29. The van der Waals surface area contributed by atoms with Crippen molar-refractivity contribution in [3.05, 3.63) is 28.8 Å². The molecule has 0 radical (unpaired) electrons. The topological polar surface area (TPSA) is 55.5 Å². The first-order chi connectivity index (χ1) is 8.01. The molecule has 0 aromatic heterocycles. The van der Waals surface area contributed by atoms with Crippen molar-refractivity contribution in [3.63, 3.8) is 0 Å². The van der Waals surface area contributed by atoms with Gasteiger partial charge in [0.25, 0.3) is 0 Å². The van der Waals surface area contributed by atoms with Gasteiger partial charge in [0.15, 0.2) is 0 Å². The summed E-state index contributed by atoms with van der Waals surface area (Å²) in [4.78, 5) is 0. The summed E-state index contributed by atoms with van der Waals surface area (Å²) in [6.45, 7) is 4.01. The third-order valence-corrected chi connectivity index (χ3v) is 3.47. The maximum absolute atomic E-state index is 10.1. The fraction of sp³-hybridized carbons (Fsp3) is 0.538. The normalized spacial score (nSPS) is 16.4. The average molecular weight is 258 g/mol. The van der Waals surface area contributed by atoms with Crippen molar-refractivity contribution in [2.24, 2.45) is 11.7 Å². The zero-order chi connectivity index (χ0) is 13.0. The minimum atomic E-state index is -0.564. The maximum atomic E-state index is 10.1. The molecular weight excluding hydrogens is 238 g/mol. The second-order valence-corrected chi connectivity index (χ2v) is 4.70. The van der Waals surface area contributed by atoms with Crippen molar-refractivity contribution in [1.29, 1.82) is 0 Å². The number of benzene rings is 1.